The summed E-state index contributed by atoms with van der Waals surface area (Å²) in [5.41, 5.74) is 7.77. The molecule has 4 N–H and O–H groups in total. The topological polar surface area (TPSA) is 69.2 Å². The Hall–Kier alpha value is -3.99. The highest BCUT2D eigenvalue weighted by molar-refractivity contribution is 6.08. The Morgan fingerprint density at radius 1 is 1.18 bits per heavy atom. The van der Waals surface area contributed by atoms with Gasteiger partial charge in [0, 0.05) is 29.3 Å². The number of ether oxygens (including phenoxy) is 1. The Balaban J connectivity index is 1.71. The number of hydrogen-bond donors (Lipinski definition) is 4. The molecule has 1 aliphatic rings. The second-order valence-corrected chi connectivity index (χ2v) is 8.13. The smallest absolute Gasteiger partial charge is 0.121 e. The molecule has 0 spiro atoms. The molecule has 176 valence electrons. The number of hydrogen-bond acceptors (Lipinski definition) is 5. The zero-order valence-corrected chi connectivity index (χ0v) is 20.3. The fourth-order valence-corrected chi connectivity index (χ4v) is 3.67. The molecule has 0 bridgehead atoms. The van der Waals surface area contributed by atoms with Crippen LogP contribution in [0.2, 0.25) is 0 Å². The summed E-state index contributed by atoms with van der Waals surface area (Å²) >= 11 is 0. The lowest BCUT2D eigenvalue weighted by Gasteiger charge is -2.18. The number of allylic oxidation sites excluding steroid dienone is 5. The van der Waals surface area contributed by atoms with E-state index in [9.17, 15) is 0 Å². The quantitative estimate of drug-likeness (QED) is 0.331. The number of rotatable bonds is 9. The Morgan fingerprint density at radius 3 is 2.62 bits per heavy atom. The minimum atomic E-state index is 0.332. The molecule has 2 aromatic rings. The fourth-order valence-electron chi connectivity index (χ4n) is 3.67. The van der Waals surface area contributed by atoms with Crippen molar-refractivity contribution in [3.63, 3.8) is 0 Å². The lowest BCUT2D eigenvalue weighted by atomic mass is 10.0. The molecule has 34 heavy (non-hydrogen) atoms. The van der Waals surface area contributed by atoms with Gasteiger partial charge in [-0.1, -0.05) is 37.4 Å². The highest BCUT2D eigenvalue weighted by Crippen LogP contribution is 2.24. The molecule has 1 aliphatic heterocycles. The molecule has 0 amide bonds. The molecular formula is C29H34N4O. The van der Waals surface area contributed by atoms with Gasteiger partial charge in [-0.3, -0.25) is 5.41 Å². The maximum Gasteiger partial charge on any atom is 0.121 e. The van der Waals surface area contributed by atoms with Crippen LogP contribution in [0.15, 0.2) is 91.3 Å². The lowest BCUT2D eigenvalue weighted by molar-refractivity contribution is 0.411. The van der Waals surface area contributed by atoms with Crippen LogP contribution in [0.25, 0.3) is 11.4 Å². The number of nitrogens with one attached hydrogen (secondary N) is 4. The molecule has 0 aromatic heterocycles. The summed E-state index contributed by atoms with van der Waals surface area (Å²) in [6.45, 7) is 13.0. The molecular weight excluding hydrogens is 420 g/mol. The van der Waals surface area contributed by atoms with E-state index >= 15 is 0 Å². The zero-order chi connectivity index (χ0) is 24.5. The van der Waals surface area contributed by atoms with Gasteiger partial charge in [0.15, 0.2) is 0 Å². The van der Waals surface area contributed by atoms with Gasteiger partial charge < -0.3 is 20.7 Å². The van der Waals surface area contributed by atoms with E-state index in [2.05, 4.69) is 53.4 Å². The van der Waals surface area contributed by atoms with Crippen LogP contribution in [-0.4, -0.2) is 19.4 Å². The largest absolute Gasteiger partial charge is 0.496 e. The van der Waals surface area contributed by atoms with Crippen LogP contribution in [0.4, 0.5) is 5.69 Å². The van der Waals surface area contributed by atoms with E-state index in [-0.39, 0.29) is 0 Å². The third-order valence-corrected chi connectivity index (χ3v) is 5.54. The number of benzene rings is 2. The number of aryl methyl sites for hydroxylation is 1. The van der Waals surface area contributed by atoms with Crippen LogP contribution in [-0.2, 0) is 0 Å². The van der Waals surface area contributed by atoms with Gasteiger partial charge >= 0.3 is 0 Å². The second-order valence-electron chi connectivity index (χ2n) is 8.13. The SMILES string of the molecule is C=C(Nc1ccc(C(=C)NCC)cc1)C(=N)/C=C1/CC/C=C\C=C(\c2ccc(OC)c(C)c2)N1. The van der Waals surface area contributed by atoms with Gasteiger partial charge in [0.05, 0.1) is 18.5 Å². The van der Waals surface area contributed by atoms with Crippen molar-refractivity contribution in [2.24, 2.45) is 0 Å². The summed E-state index contributed by atoms with van der Waals surface area (Å²) < 4.78 is 5.39. The van der Waals surface area contributed by atoms with Crippen LogP contribution in [0, 0.1) is 12.3 Å². The van der Waals surface area contributed by atoms with Crippen LogP contribution in [0.3, 0.4) is 0 Å². The van der Waals surface area contributed by atoms with Crippen LogP contribution in [0.1, 0.15) is 36.5 Å². The van der Waals surface area contributed by atoms with Crippen molar-refractivity contribution in [3.05, 3.63) is 108 Å². The van der Waals surface area contributed by atoms with Gasteiger partial charge in [-0.05, 0) is 85.9 Å². The third kappa shape index (κ3) is 6.51. The standard InChI is InChI=1S/C29H34N4O/c1-6-31-21(3)23-12-15-25(16-13-23)32-22(4)27(30)19-26-10-8-7-9-11-28(33-26)24-14-17-29(34-5)20(2)18-24/h7,9,11-19,30-33H,3-4,6,8,10H2,1-2,5H3/b9-7-,26-19-,28-11-,30-27?. The molecule has 2 aromatic carbocycles. The summed E-state index contributed by atoms with van der Waals surface area (Å²) in [7, 11) is 1.68. The van der Waals surface area contributed by atoms with Gasteiger partial charge in [-0.2, -0.15) is 0 Å². The van der Waals surface area contributed by atoms with Gasteiger partial charge in [-0.25, -0.2) is 0 Å². The van der Waals surface area contributed by atoms with E-state index in [0.29, 0.717) is 11.4 Å². The maximum atomic E-state index is 8.57. The first-order valence-electron chi connectivity index (χ1n) is 11.5. The predicted octanol–water partition coefficient (Wildman–Crippen LogP) is 6.39. The summed E-state index contributed by atoms with van der Waals surface area (Å²) in [6, 6.07) is 14.1. The molecule has 0 saturated heterocycles. The van der Waals surface area contributed by atoms with Crippen molar-refractivity contribution in [1.29, 1.82) is 5.41 Å². The molecule has 0 unspecified atom stereocenters. The van der Waals surface area contributed by atoms with Crippen molar-refractivity contribution >= 4 is 22.8 Å². The molecule has 0 fully saturated rings. The molecule has 1 heterocycles. The highest BCUT2D eigenvalue weighted by atomic mass is 16.5. The van der Waals surface area contributed by atoms with Crippen LogP contribution in [0.5, 0.6) is 5.75 Å². The summed E-state index contributed by atoms with van der Waals surface area (Å²) in [6.07, 6.45) is 9.83. The predicted molar refractivity (Wildman–Crippen MR) is 145 cm³/mol. The first kappa shape index (κ1) is 24.6. The summed E-state index contributed by atoms with van der Waals surface area (Å²) in [5, 5.41) is 18.6. The maximum absolute atomic E-state index is 8.57. The summed E-state index contributed by atoms with van der Waals surface area (Å²) in [4.78, 5) is 0. The van der Waals surface area contributed by atoms with Gasteiger partial charge in [0.2, 0.25) is 0 Å². The van der Waals surface area contributed by atoms with E-state index in [1.807, 2.05) is 56.3 Å². The normalized spacial score (nSPS) is 16.8. The number of anilines is 1. The molecule has 0 saturated carbocycles. The van der Waals surface area contributed by atoms with E-state index in [0.717, 1.165) is 64.6 Å². The van der Waals surface area contributed by atoms with Crippen molar-refractivity contribution < 1.29 is 4.74 Å². The van der Waals surface area contributed by atoms with Gasteiger partial charge in [-0.15, -0.1) is 0 Å². The van der Waals surface area contributed by atoms with Crippen molar-refractivity contribution in [2.45, 2.75) is 26.7 Å². The summed E-state index contributed by atoms with van der Waals surface area (Å²) in [5.74, 6) is 0.865. The first-order valence-corrected chi connectivity index (χ1v) is 11.5. The molecule has 0 atom stereocenters. The molecule has 0 radical (unpaired) electrons. The molecule has 0 aliphatic carbocycles. The Labute approximate surface area is 203 Å². The number of methoxy groups -OCH3 is 1. The second kappa shape index (κ2) is 11.8. The van der Waals surface area contributed by atoms with E-state index in [1.54, 1.807) is 7.11 Å². The van der Waals surface area contributed by atoms with Crippen molar-refractivity contribution in [3.8, 4) is 5.75 Å². The molecule has 3 rings (SSSR count). The average Bonchev–Trinajstić information content (AvgIpc) is 2.81. The Kier molecular flexibility index (Phi) is 8.52. The van der Waals surface area contributed by atoms with Crippen LogP contribution >= 0.6 is 0 Å². The van der Waals surface area contributed by atoms with Gasteiger partial charge in [0.1, 0.15) is 5.75 Å². The van der Waals surface area contributed by atoms with E-state index < -0.39 is 0 Å². The molecule has 5 nitrogen and oxygen atoms in total. The Morgan fingerprint density at radius 2 is 1.94 bits per heavy atom. The fraction of sp³-hybridized carbons (Fsp3) is 0.207. The van der Waals surface area contributed by atoms with E-state index in [4.69, 9.17) is 10.1 Å². The first-order chi connectivity index (χ1) is 16.4. The lowest BCUT2D eigenvalue weighted by Crippen LogP contribution is -2.16. The minimum absolute atomic E-state index is 0.332. The van der Waals surface area contributed by atoms with Gasteiger partial charge in [0.25, 0.3) is 0 Å². The average molecular weight is 455 g/mol. The highest BCUT2D eigenvalue weighted by Gasteiger charge is 2.10. The van der Waals surface area contributed by atoms with Crippen molar-refractivity contribution in [2.75, 3.05) is 19.0 Å². The van der Waals surface area contributed by atoms with E-state index in [1.165, 1.54) is 0 Å². The monoisotopic (exact) mass is 454 g/mol. The Bertz CT molecular complexity index is 1150. The van der Waals surface area contributed by atoms with Crippen LogP contribution < -0.4 is 20.7 Å². The third-order valence-electron chi connectivity index (χ3n) is 5.54. The zero-order valence-electron chi connectivity index (χ0n) is 20.3. The minimum Gasteiger partial charge on any atom is -0.496 e. The van der Waals surface area contributed by atoms with Crippen molar-refractivity contribution in [1.82, 2.24) is 10.6 Å². The molecule has 5 heteroatoms.